The maximum Gasteiger partial charge on any atom is 0.165 e. The van der Waals surface area contributed by atoms with E-state index in [1.54, 1.807) is 6.33 Å². The molecule has 4 heterocycles. The van der Waals surface area contributed by atoms with Gasteiger partial charge < -0.3 is 10.1 Å². The first-order valence-corrected chi connectivity index (χ1v) is 10.7. The molecule has 6 rings (SSSR count). The molecule has 3 aromatic rings. The monoisotopic (exact) mass is 413 g/mol. The third-order valence-corrected chi connectivity index (χ3v) is 5.93. The van der Waals surface area contributed by atoms with Gasteiger partial charge in [0.25, 0.3) is 0 Å². The molecular formula is C23H23N7O. The Kier molecular flexibility index (Phi) is 4.58. The van der Waals surface area contributed by atoms with Gasteiger partial charge in [-0.1, -0.05) is 18.2 Å². The molecule has 0 bridgehead atoms. The Morgan fingerprint density at radius 2 is 1.94 bits per heavy atom. The van der Waals surface area contributed by atoms with Crippen LogP contribution in [-0.4, -0.2) is 56.7 Å². The first kappa shape index (κ1) is 18.4. The summed E-state index contributed by atoms with van der Waals surface area (Å²) in [5, 5.41) is 7.93. The largest absolute Gasteiger partial charge is 0.379 e. The van der Waals surface area contributed by atoms with E-state index in [2.05, 4.69) is 60.6 Å². The lowest BCUT2D eigenvalue weighted by Crippen LogP contribution is -2.35. The van der Waals surface area contributed by atoms with Crippen LogP contribution >= 0.6 is 0 Å². The van der Waals surface area contributed by atoms with Crippen LogP contribution in [0, 0.1) is 0 Å². The predicted octanol–water partition coefficient (Wildman–Crippen LogP) is 3.50. The molecule has 0 spiro atoms. The smallest absolute Gasteiger partial charge is 0.165 e. The Morgan fingerprint density at radius 3 is 2.81 bits per heavy atom. The van der Waals surface area contributed by atoms with Gasteiger partial charge in [-0.3, -0.25) is 4.90 Å². The minimum absolute atomic E-state index is 0.752. The molecule has 3 aliphatic rings. The second-order valence-electron chi connectivity index (χ2n) is 7.99. The van der Waals surface area contributed by atoms with Crippen LogP contribution in [-0.2, 0) is 11.3 Å². The minimum atomic E-state index is 0.752. The summed E-state index contributed by atoms with van der Waals surface area (Å²) >= 11 is 0. The molecule has 1 fully saturated rings. The van der Waals surface area contributed by atoms with E-state index >= 15 is 0 Å². The van der Waals surface area contributed by atoms with Gasteiger partial charge in [-0.25, -0.2) is 19.6 Å². The molecule has 1 aromatic carbocycles. The van der Waals surface area contributed by atoms with Crippen LogP contribution in [0.5, 0.6) is 0 Å². The van der Waals surface area contributed by atoms with Gasteiger partial charge in [-0.05, 0) is 30.5 Å². The molecule has 0 unspecified atom stereocenters. The molecule has 2 aliphatic heterocycles. The van der Waals surface area contributed by atoms with Gasteiger partial charge in [-0.2, -0.15) is 5.10 Å². The van der Waals surface area contributed by atoms with Crippen molar-refractivity contribution in [2.75, 3.05) is 31.6 Å². The lowest BCUT2D eigenvalue weighted by molar-refractivity contribution is 0.0342. The van der Waals surface area contributed by atoms with Crippen LogP contribution in [0.25, 0.3) is 11.3 Å². The molecule has 1 aliphatic carbocycles. The van der Waals surface area contributed by atoms with Crippen molar-refractivity contribution in [1.82, 2.24) is 24.6 Å². The van der Waals surface area contributed by atoms with Gasteiger partial charge in [0.2, 0.25) is 0 Å². The van der Waals surface area contributed by atoms with E-state index in [0.717, 1.165) is 80.0 Å². The highest BCUT2D eigenvalue weighted by Crippen LogP contribution is 2.42. The first-order valence-electron chi connectivity index (χ1n) is 10.7. The summed E-state index contributed by atoms with van der Waals surface area (Å²) in [6.07, 6.45) is 9.58. The average Bonchev–Trinajstić information content (AvgIpc) is 3.52. The summed E-state index contributed by atoms with van der Waals surface area (Å²) < 4.78 is 7.30. The van der Waals surface area contributed by atoms with E-state index in [4.69, 9.17) is 4.74 Å². The second kappa shape index (κ2) is 7.72. The molecule has 0 amide bonds. The highest BCUT2D eigenvalue weighted by atomic mass is 16.5. The maximum atomic E-state index is 5.43. The number of fused-ring (bicyclic) bond motifs is 3. The van der Waals surface area contributed by atoms with Crippen LogP contribution in [0.15, 0.2) is 54.1 Å². The number of hydrogen-bond donors (Lipinski definition) is 1. The lowest BCUT2D eigenvalue weighted by Gasteiger charge is -2.26. The van der Waals surface area contributed by atoms with Crippen molar-refractivity contribution in [3.63, 3.8) is 0 Å². The first-order chi connectivity index (χ1) is 15.3. The summed E-state index contributed by atoms with van der Waals surface area (Å²) in [6.45, 7) is 4.58. The number of rotatable bonds is 5. The Bertz CT molecular complexity index is 1170. The lowest BCUT2D eigenvalue weighted by atomic mass is 10.1. The summed E-state index contributed by atoms with van der Waals surface area (Å²) in [5.74, 6) is 1.53. The fourth-order valence-corrected chi connectivity index (χ4v) is 4.34. The van der Waals surface area contributed by atoms with Gasteiger partial charge in [0.1, 0.15) is 12.1 Å². The van der Waals surface area contributed by atoms with Crippen molar-refractivity contribution in [2.24, 2.45) is 4.99 Å². The molecule has 8 heteroatoms. The van der Waals surface area contributed by atoms with E-state index in [9.17, 15) is 0 Å². The zero-order valence-corrected chi connectivity index (χ0v) is 17.2. The number of anilines is 2. The highest BCUT2D eigenvalue weighted by molar-refractivity contribution is 6.31. The number of nitrogens with one attached hydrogen (secondary N) is 1. The van der Waals surface area contributed by atoms with Gasteiger partial charge in [0, 0.05) is 25.2 Å². The fourth-order valence-electron chi connectivity index (χ4n) is 4.34. The number of ether oxygens (including phenoxy) is 1. The second-order valence-corrected chi connectivity index (χ2v) is 7.99. The number of nitrogens with zero attached hydrogens (tertiary/aromatic N) is 6. The predicted molar refractivity (Wildman–Crippen MR) is 119 cm³/mol. The molecule has 0 atom stereocenters. The van der Waals surface area contributed by atoms with Crippen LogP contribution in [0.1, 0.15) is 24.0 Å². The van der Waals surface area contributed by atoms with Gasteiger partial charge in [-0.15, -0.1) is 0 Å². The Morgan fingerprint density at radius 1 is 1.06 bits per heavy atom. The number of aliphatic imine (C=N–C) groups is 1. The number of allylic oxidation sites excluding steroid dienone is 2. The average molecular weight is 413 g/mol. The van der Waals surface area contributed by atoms with Crippen molar-refractivity contribution >= 4 is 28.6 Å². The standard InChI is InChI=1S/C23H23N7O/c1-2-19-20(3-1)28-23-21(19)22(24-15-25-23)27-17-12-26-30(14-17)18-6-4-16(5-7-18)13-29-8-10-31-11-9-29/h2,4-7,12,14-15H,1,3,8-11,13H2,(H,24,25,27). The summed E-state index contributed by atoms with van der Waals surface area (Å²) in [6, 6.07) is 8.56. The molecule has 8 nitrogen and oxygen atoms in total. The molecule has 1 saturated heterocycles. The van der Waals surface area contributed by atoms with Gasteiger partial charge in [0.15, 0.2) is 5.82 Å². The molecule has 0 radical (unpaired) electrons. The zero-order valence-electron chi connectivity index (χ0n) is 17.2. The maximum absolute atomic E-state index is 5.43. The molecule has 1 N–H and O–H groups in total. The third-order valence-electron chi connectivity index (χ3n) is 5.93. The minimum Gasteiger partial charge on any atom is -0.379 e. The SMILES string of the molecule is C1=C2C(=Nc3ncnc(Nc4cnn(-c5ccc(CN6CCOCC6)cc5)c4)c32)CC1. The number of benzene rings is 1. The number of aromatic nitrogens is 4. The van der Waals surface area contributed by atoms with Crippen LogP contribution in [0.3, 0.4) is 0 Å². The molecule has 2 aromatic heterocycles. The quantitative estimate of drug-likeness (QED) is 0.690. The fraction of sp³-hybridized carbons (Fsp3) is 0.304. The van der Waals surface area contributed by atoms with Crippen molar-refractivity contribution in [2.45, 2.75) is 19.4 Å². The summed E-state index contributed by atoms with van der Waals surface area (Å²) in [4.78, 5) is 15.9. The Balaban J connectivity index is 1.18. The molecule has 31 heavy (non-hydrogen) atoms. The molecule has 0 saturated carbocycles. The highest BCUT2D eigenvalue weighted by Gasteiger charge is 2.28. The van der Waals surface area contributed by atoms with Crippen molar-refractivity contribution < 1.29 is 4.74 Å². The van der Waals surface area contributed by atoms with Gasteiger partial charge >= 0.3 is 0 Å². The van der Waals surface area contributed by atoms with E-state index in [0.29, 0.717) is 0 Å². The zero-order chi connectivity index (χ0) is 20.6. The molecule has 156 valence electrons. The summed E-state index contributed by atoms with van der Waals surface area (Å²) in [7, 11) is 0. The van der Waals surface area contributed by atoms with Crippen molar-refractivity contribution in [1.29, 1.82) is 0 Å². The van der Waals surface area contributed by atoms with E-state index in [-0.39, 0.29) is 0 Å². The third kappa shape index (κ3) is 3.54. The van der Waals surface area contributed by atoms with E-state index in [1.807, 2.05) is 17.1 Å². The van der Waals surface area contributed by atoms with E-state index in [1.165, 1.54) is 11.1 Å². The van der Waals surface area contributed by atoms with Crippen LogP contribution < -0.4 is 5.32 Å². The van der Waals surface area contributed by atoms with Gasteiger partial charge in [0.05, 0.1) is 48.3 Å². The summed E-state index contributed by atoms with van der Waals surface area (Å²) in [5.41, 5.74) is 6.48. The topological polar surface area (TPSA) is 80.5 Å². The Labute approximate surface area is 180 Å². The van der Waals surface area contributed by atoms with Crippen LogP contribution in [0.4, 0.5) is 17.3 Å². The normalized spacial score (nSPS) is 17.8. The number of hydrogen-bond acceptors (Lipinski definition) is 7. The van der Waals surface area contributed by atoms with Crippen LogP contribution in [0.2, 0.25) is 0 Å². The van der Waals surface area contributed by atoms with Crippen molar-refractivity contribution in [3.8, 4) is 5.69 Å². The van der Waals surface area contributed by atoms with Crippen molar-refractivity contribution in [3.05, 3.63) is 60.2 Å². The Hall–Kier alpha value is -3.36. The van der Waals surface area contributed by atoms with E-state index < -0.39 is 0 Å². The molecular weight excluding hydrogens is 390 g/mol. The number of morpholine rings is 1.